The summed E-state index contributed by atoms with van der Waals surface area (Å²) in [4.78, 5) is 0. The summed E-state index contributed by atoms with van der Waals surface area (Å²) >= 11 is 0. The molecule has 0 fully saturated rings. The van der Waals surface area contributed by atoms with Crippen LogP contribution in [0.4, 0.5) is 0 Å². The second-order valence-corrected chi connectivity index (χ2v) is 4.63. The average molecular weight is 271 g/mol. The van der Waals surface area contributed by atoms with Gasteiger partial charge in [-0.25, -0.2) is 0 Å². The number of ether oxygens (including phenoxy) is 2. The molecule has 0 aromatic heterocycles. The van der Waals surface area contributed by atoms with Gasteiger partial charge in [0, 0.05) is 13.1 Å². The first kappa shape index (κ1) is 14.4. The standard InChI is InChI=1S/C17H21NO2/c1-14-5-3-4-6-15(14)13-18-11-12-20-17-9-7-16(19-2)8-10-17/h3-10,18H,11-13H2,1-2H3. The largest absolute Gasteiger partial charge is 0.497 e. The van der Waals surface area contributed by atoms with E-state index < -0.39 is 0 Å². The Bertz CT molecular complexity index is 523. The predicted octanol–water partition coefficient (Wildman–Crippen LogP) is 3.17. The van der Waals surface area contributed by atoms with Crippen LogP contribution in [0.2, 0.25) is 0 Å². The molecule has 1 N–H and O–H groups in total. The third-order valence-corrected chi connectivity index (χ3v) is 3.18. The smallest absolute Gasteiger partial charge is 0.119 e. The maximum Gasteiger partial charge on any atom is 0.119 e. The number of hydrogen-bond acceptors (Lipinski definition) is 3. The fourth-order valence-electron chi connectivity index (χ4n) is 1.94. The molecule has 20 heavy (non-hydrogen) atoms. The minimum absolute atomic E-state index is 0.651. The van der Waals surface area contributed by atoms with E-state index in [2.05, 4.69) is 36.5 Å². The van der Waals surface area contributed by atoms with E-state index in [0.29, 0.717) is 6.61 Å². The highest BCUT2D eigenvalue weighted by molar-refractivity contribution is 5.31. The normalized spacial score (nSPS) is 10.3. The van der Waals surface area contributed by atoms with E-state index in [4.69, 9.17) is 9.47 Å². The van der Waals surface area contributed by atoms with Gasteiger partial charge in [-0.2, -0.15) is 0 Å². The van der Waals surface area contributed by atoms with Crippen LogP contribution in [-0.4, -0.2) is 20.3 Å². The van der Waals surface area contributed by atoms with Crippen molar-refractivity contribution < 1.29 is 9.47 Å². The zero-order valence-corrected chi connectivity index (χ0v) is 12.1. The lowest BCUT2D eigenvalue weighted by Gasteiger charge is -2.09. The maximum atomic E-state index is 5.66. The van der Waals surface area contributed by atoms with Crippen molar-refractivity contribution in [1.82, 2.24) is 5.32 Å². The molecule has 0 aliphatic rings. The van der Waals surface area contributed by atoms with E-state index in [9.17, 15) is 0 Å². The van der Waals surface area contributed by atoms with Crippen molar-refractivity contribution in [2.24, 2.45) is 0 Å². The Morgan fingerprint density at radius 2 is 1.65 bits per heavy atom. The van der Waals surface area contributed by atoms with Gasteiger partial charge >= 0.3 is 0 Å². The van der Waals surface area contributed by atoms with Crippen molar-refractivity contribution in [2.45, 2.75) is 13.5 Å². The molecule has 0 atom stereocenters. The second-order valence-electron chi connectivity index (χ2n) is 4.63. The van der Waals surface area contributed by atoms with E-state index in [1.807, 2.05) is 24.3 Å². The molecule has 2 aromatic rings. The summed E-state index contributed by atoms with van der Waals surface area (Å²) in [5, 5.41) is 3.39. The van der Waals surface area contributed by atoms with Crippen molar-refractivity contribution in [1.29, 1.82) is 0 Å². The van der Waals surface area contributed by atoms with Crippen molar-refractivity contribution in [3.05, 3.63) is 59.7 Å². The molecule has 0 aliphatic carbocycles. The van der Waals surface area contributed by atoms with Gasteiger partial charge in [-0.05, 0) is 42.3 Å². The fourth-order valence-corrected chi connectivity index (χ4v) is 1.94. The molecule has 0 aliphatic heterocycles. The molecule has 2 rings (SSSR count). The lowest BCUT2D eigenvalue weighted by atomic mass is 10.1. The van der Waals surface area contributed by atoms with Crippen molar-refractivity contribution in [2.75, 3.05) is 20.3 Å². The van der Waals surface area contributed by atoms with Crippen LogP contribution >= 0.6 is 0 Å². The number of nitrogens with one attached hydrogen (secondary N) is 1. The zero-order chi connectivity index (χ0) is 14.2. The first-order chi connectivity index (χ1) is 9.79. The summed E-state index contributed by atoms with van der Waals surface area (Å²) in [5.74, 6) is 1.71. The minimum atomic E-state index is 0.651. The number of methoxy groups -OCH3 is 1. The molecule has 0 spiro atoms. The number of hydrogen-bond donors (Lipinski definition) is 1. The van der Waals surface area contributed by atoms with Gasteiger partial charge in [0.15, 0.2) is 0 Å². The predicted molar refractivity (Wildman–Crippen MR) is 81.4 cm³/mol. The Hall–Kier alpha value is -2.00. The molecule has 0 radical (unpaired) electrons. The summed E-state index contributed by atoms with van der Waals surface area (Å²) in [7, 11) is 1.66. The molecule has 0 heterocycles. The van der Waals surface area contributed by atoms with Crippen molar-refractivity contribution in [3.8, 4) is 11.5 Å². The molecule has 3 heteroatoms. The van der Waals surface area contributed by atoms with Gasteiger partial charge < -0.3 is 14.8 Å². The molecule has 0 bridgehead atoms. The molecule has 2 aromatic carbocycles. The summed E-state index contributed by atoms with van der Waals surface area (Å²) in [6.45, 7) is 4.47. The van der Waals surface area contributed by atoms with Crippen LogP contribution in [-0.2, 0) is 6.54 Å². The van der Waals surface area contributed by atoms with E-state index in [0.717, 1.165) is 24.6 Å². The SMILES string of the molecule is COc1ccc(OCCNCc2ccccc2C)cc1. The van der Waals surface area contributed by atoms with Crippen LogP contribution in [0.5, 0.6) is 11.5 Å². The van der Waals surface area contributed by atoms with Gasteiger partial charge in [0.05, 0.1) is 7.11 Å². The molecular weight excluding hydrogens is 250 g/mol. The van der Waals surface area contributed by atoms with Crippen LogP contribution in [0.1, 0.15) is 11.1 Å². The van der Waals surface area contributed by atoms with E-state index >= 15 is 0 Å². The Labute approximate surface area is 120 Å². The molecule has 0 amide bonds. The van der Waals surface area contributed by atoms with Crippen LogP contribution in [0.25, 0.3) is 0 Å². The zero-order valence-electron chi connectivity index (χ0n) is 12.1. The van der Waals surface area contributed by atoms with Crippen LogP contribution in [0, 0.1) is 6.92 Å². The highest BCUT2D eigenvalue weighted by Crippen LogP contribution is 2.16. The Morgan fingerprint density at radius 1 is 0.950 bits per heavy atom. The molecule has 0 saturated carbocycles. The third-order valence-electron chi connectivity index (χ3n) is 3.18. The maximum absolute atomic E-state index is 5.66. The first-order valence-electron chi connectivity index (χ1n) is 6.81. The number of rotatable bonds is 7. The summed E-state index contributed by atoms with van der Waals surface area (Å²) in [5.41, 5.74) is 2.65. The van der Waals surface area contributed by atoms with Gasteiger partial charge in [0.25, 0.3) is 0 Å². The van der Waals surface area contributed by atoms with Crippen LogP contribution in [0.15, 0.2) is 48.5 Å². The highest BCUT2D eigenvalue weighted by atomic mass is 16.5. The molecule has 0 unspecified atom stereocenters. The Kier molecular flexibility index (Phi) is 5.44. The Balaban J connectivity index is 1.67. The molecular formula is C17H21NO2. The van der Waals surface area contributed by atoms with Crippen molar-refractivity contribution in [3.63, 3.8) is 0 Å². The van der Waals surface area contributed by atoms with Crippen LogP contribution in [0.3, 0.4) is 0 Å². The molecule has 3 nitrogen and oxygen atoms in total. The number of benzene rings is 2. The third kappa shape index (κ3) is 4.28. The monoisotopic (exact) mass is 271 g/mol. The average Bonchev–Trinajstić information content (AvgIpc) is 2.49. The topological polar surface area (TPSA) is 30.5 Å². The molecule has 0 saturated heterocycles. The first-order valence-corrected chi connectivity index (χ1v) is 6.81. The van der Waals surface area contributed by atoms with E-state index in [1.54, 1.807) is 7.11 Å². The lowest BCUT2D eigenvalue weighted by Crippen LogP contribution is -2.21. The van der Waals surface area contributed by atoms with Gasteiger partial charge in [0.2, 0.25) is 0 Å². The van der Waals surface area contributed by atoms with Crippen molar-refractivity contribution >= 4 is 0 Å². The van der Waals surface area contributed by atoms with E-state index in [-0.39, 0.29) is 0 Å². The van der Waals surface area contributed by atoms with Gasteiger partial charge in [0.1, 0.15) is 18.1 Å². The van der Waals surface area contributed by atoms with Gasteiger partial charge in [-0.1, -0.05) is 24.3 Å². The fraction of sp³-hybridized carbons (Fsp3) is 0.294. The summed E-state index contributed by atoms with van der Waals surface area (Å²) in [6, 6.07) is 16.0. The van der Waals surface area contributed by atoms with Crippen LogP contribution < -0.4 is 14.8 Å². The van der Waals surface area contributed by atoms with Gasteiger partial charge in [-0.3, -0.25) is 0 Å². The minimum Gasteiger partial charge on any atom is -0.497 e. The summed E-state index contributed by atoms with van der Waals surface area (Å²) < 4.78 is 10.8. The quantitative estimate of drug-likeness (QED) is 0.785. The Morgan fingerprint density at radius 3 is 2.35 bits per heavy atom. The van der Waals surface area contributed by atoms with E-state index in [1.165, 1.54) is 11.1 Å². The van der Waals surface area contributed by atoms with Gasteiger partial charge in [-0.15, -0.1) is 0 Å². The number of aryl methyl sites for hydroxylation is 1. The summed E-state index contributed by atoms with van der Waals surface area (Å²) in [6.07, 6.45) is 0. The highest BCUT2D eigenvalue weighted by Gasteiger charge is 1.97. The molecule has 106 valence electrons. The lowest BCUT2D eigenvalue weighted by molar-refractivity contribution is 0.313. The second kappa shape index (κ2) is 7.56.